The number of carboxylic acid groups (broad SMARTS) is 2. The molecule has 0 radical (unpaired) electrons. The number of hydrogen-bond acceptors (Lipinski definition) is 4. The van der Waals surface area contributed by atoms with Gasteiger partial charge in [0.2, 0.25) is 0 Å². The zero-order valence-electron chi connectivity index (χ0n) is 32.0. The minimum Gasteiger partial charge on any atom is -0.478 e. The van der Waals surface area contributed by atoms with E-state index in [1.807, 2.05) is 127 Å². The molecule has 5 heterocycles. The van der Waals surface area contributed by atoms with Gasteiger partial charge in [-0.1, -0.05) is 109 Å². The lowest BCUT2D eigenvalue weighted by atomic mass is 9.90. The van der Waals surface area contributed by atoms with Crippen LogP contribution in [-0.2, 0) is 0 Å². The molecule has 0 unspecified atom stereocenters. The molecule has 0 saturated heterocycles. The van der Waals surface area contributed by atoms with Gasteiger partial charge in [-0.15, -0.1) is 0 Å². The molecule has 8 heteroatoms. The van der Waals surface area contributed by atoms with Gasteiger partial charge in [-0.05, 0) is 101 Å². The summed E-state index contributed by atoms with van der Waals surface area (Å²) < 4.78 is 2.27. The van der Waals surface area contributed by atoms with Crippen LogP contribution in [0.1, 0.15) is 49.1 Å². The van der Waals surface area contributed by atoms with Crippen molar-refractivity contribution in [3.05, 3.63) is 209 Å². The maximum absolute atomic E-state index is 12.5. The summed E-state index contributed by atoms with van der Waals surface area (Å²) in [5.41, 5.74) is 13.1. The van der Waals surface area contributed by atoms with Crippen molar-refractivity contribution in [1.29, 1.82) is 0 Å². The van der Waals surface area contributed by atoms with Gasteiger partial charge >= 0.3 is 11.9 Å². The van der Waals surface area contributed by atoms with Gasteiger partial charge in [0.05, 0.1) is 44.9 Å². The summed E-state index contributed by atoms with van der Waals surface area (Å²) in [6.45, 7) is 0. The van der Waals surface area contributed by atoms with Gasteiger partial charge in [0.25, 0.3) is 0 Å². The summed E-state index contributed by atoms with van der Waals surface area (Å²) in [5, 5.41) is 20.5. The average Bonchev–Trinajstić information content (AvgIpc) is 4.09. The third kappa shape index (κ3) is 6.58. The Kier molecular flexibility index (Phi) is 8.92. The van der Waals surface area contributed by atoms with Crippen molar-refractivity contribution in [2.24, 2.45) is 0 Å². The van der Waals surface area contributed by atoms with Crippen molar-refractivity contribution < 1.29 is 19.8 Å². The zero-order valence-corrected chi connectivity index (χ0v) is 32.0. The zero-order chi connectivity index (χ0) is 40.7. The molecule has 0 fully saturated rings. The van der Waals surface area contributed by atoms with Crippen molar-refractivity contribution in [3.8, 4) is 39.1 Å². The maximum Gasteiger partial charge on any atom is 0.335 e. The van der Waals surface area contributed by atoms with Crippen molar-refractivity contribution in [3.63, 3.8) is 0 Å². The Labute approximate surface area is 344 Å². The Morgan fingerprint density at radius 2 is 0.983 bits per heavy atom. The maximum atomic E-state index is 12.5. The normalized spacial score (nSPS) is 12.0. The third-order valence-corrected chi connectivity index (χ3v) is 10.7. The Morgan fingerprint density at radius 3 is 1.55 bits per heavy atom. The number of nitrogens with zero attached hydrogens (tertiary/aromatic N) is 3. The van der Waals surface area contributed by atoms with Crippen LogP contribution < -0.4 is 0 Å². The summed E-state index contributed by atoms with van der Waals surface area (Å²) in [5.74, 6) is -2.47. The molecule has 0 atom stereocenters. The highest BCUT2D eigenvalue weighted by molar-refractivity contribution is 6.12. The lowest BCUT2D eigenvalue weighted by Gasteiger charge is -2.16. The van der Waals surface area contributed by atoms with E-state index in [1.54, 1.807) is 0 Å². The van der Waals surface area contributed by atoms with E-state index >= 15 is 0 Å². The molecule has 0 aliphatic carbocycles. The summed E-state index contributed by atoms with van der Waals surface area (Å²) >= 11 is 0. The number of fused-ring (bicyclic) bond motifs is 8. The fourth-order valence-electron chi connectivity index (χ4n) is 8.15. The molecule has 2 aliphatic heterocycles. The molecule has 2 aliphatic rings. The number of carbonyl (C=O) groups is 2. The van der Waals surface area contributed by atoms with Crippen LogP contribution in [0.3, 0.4) is 0 Å². The number of aromatic nitrogens is 4. The van der Waals surface area contributed by atoms with E-state index < -0.39 is 11.9 Å². The molecule has 5 aromatic carbocycles. The van der Waals surface area contributed by atoms with Crippen LogP contribution in [0.4, 0.5) is 0 Å². The number of H-pyrrole nitrogens is 1. The second-order valence-electron chi connectivity index (χ2n) is 14.6. The molecule has 0 saturated carbocycles. The van der Waals surface area contributed by atoms with Crippen LogP contribution in [0.2, 0.25) is 0 Å². The number of hydrogen-bond donors (Lipinski definition) is 3. The van der Waals surface area contributed by atoms with Crippen LogP contribution in [0.25, 0.3) is 84.9 Å². The van der Waals surface area contributed by atoms with E-state index in [1.165, 1.54) is 18.2 Å². The molecule has 8 nitrogen and oxygen atoms in total. The van der Waals surface area contributed by atoms with E-state index in [0.717, 1.165) is 72.5 Å². The summed E-state index contributed by atoms with van der Waals surface area (Å²) in [6.07, 6.45) is 5.94. The van der Waals surface area contributed by atoms with E-state index in [9.17, 15) is 19.8 Å². The predicted octanol–water partition coefficient (Wildman–Crippen LogP) is 11.9. The number of nitrogens with one attached hydrogen (secondary N) is 1. The lowest BCUT2D eigenvalue weighted by molar-refractivity contribution is 0.0696. The highest BCUT2D eigenvalue weighted by atomic mass is 16.4. The van der Waals surface area contributed by atoms with Gasteiger partial charge < -0.3 is 19.8 Å². The number of benzene rings is 5. The molecule has 3 aromatic heterocycles. The fourth-order valence-corrected chi connectivity index (χ4v) is 8.15. The predicted molar refractivity (Wildman–Crippen MR) is 239 cm³/mol. The second kappa shape index (κ2) is 14.9. The number of aromatic amines is 1. The van der Waals surface area contributed by atoms with Crippen LogP contribution in [-0.4, -0.2) is 41.7 Å². The first kappa shape index (κ1) is 36.0. The molecule has 286 valence electrons. The minimum atomic E-state index is -1.23. The van der Waals surface area contributed by atoms with E-state index in [4.69, 9.17) is 9.97 Å². The first-order valence-corrected chi connectivity index (χ1v) is 19.4. The summed E-state index contributed by atoms with van der Waals surface area (Å²) in [4.78, 5) is 39.1. The first-order chi connectivity index (χ1) is 29.4. The number of para-hydroxylation sites is 1. The monoisotopic (exact) mass is 778 g/mol. The summed E-state index contributed by atoms with van der Waals surface area (Å²) in [7, 11) is 0. The summed E-state index contributed by atoms with van der Waals surface area (Å²) in [6, 6.07) is 55.1. The number of aromatic carboxylic acids is 2. The van der Waals surface area contributed by atoms with Crippen molar-refractivity contribution in [1.82, 2.24) is 19.5 Å². The van der Waals surface area contributed by atoms with Gasteiger partial charge in [-0.2, -0.15) is 0 Å². The van der Waals surface area contributed by atoms with E-state index in [2.05, 4.69) is 52.0 Å². The number of carboxylic acids is 2. The molecule has 10 rings (SSSR count). The molecule has 8 aromatic rings. The Bertz CT molecular complexity index is 3210. The smallest absolute Gasteiger partial charge is 0.335 e. The molecule has 0 amide bonds. The van der Waals surface area contributed by atoms with Gasteiger partial charge in [0.15, 0.2) is 0 Å². The van der Waals surface area contributed by atoms with Gasteiger partial charge in [0.1, 0.15) is 0 Å². The SMILES string of the molecule is O=C(O)c1cc(C(=O)O)cc(C2=Cc3cc4ccc(cc5nc(cc6c(-c7ccccc7)c(-c7ccccc7)c(c(-c7ccccc7)c2n3)n6-c2ccccc2)C=C5)[nH]4)c1. The van der Waals surface area contributed by atoms with E-state index in [0.29, 0.717) is 22.5 Å². The quantitative estimate of drug-likeness (QED) is 0.148. The lowest BCUT2D eigenvalue weighted by Crippen LogP contribution is -2.04. The van der Waals surface area contributed by atoms with Crippen LogP contribution in [0.5, 0.6) is 0 Å². The largest absolute Gasteiger partial charge is 0.478 e. The van der Waals surface area contributed by atoms with Crippen LogP contribution in [0, 0.1) is 0 Å². The standard InChI is InChI=1S/C52H34N4O4/c57-51(58)36-25-35(26-37(27-36)52(59)60)44-30-42-29-40-22-21-38(53-40)28-39-23-24-41(54-39)31-45-46(32-13-5-1-6-14-32)47(33-15-7-2-8-16-33)50(56(45)43-19-11-4-12-20-43)48(49(44)55-42)34-17-9-3-10-18-34/h1-31,53H,(H,57,58)(H,59,60). The first-order valence-electron chi connectivity index (χ1n) is 19.4. The third-order valence-electron chi connectivity index (χ3n) is 10.7. The van der Waals surface area contributed by atoms with Crippen molar-refractivity contribution in [2.75, 3.05) is 0 Å². The molecular formula is C52H34N4O4. The Hall–Kier alpha value is -8.36. The average molecular weight is 779 g/mol. The van der Waals surface area contributed by atoms with Crippen LogP contribution >= 0.6 is 0 Å². The highest BCUT2D eigenvalue weighted by Gasteiger charge is 2.28. The molecule has 0 spiro atoms. The Balaban J connectivity index is 1.52. The van der Waals surface area contributed by atoms with Gasteiger partial charge in [-0.25, -0.2) is 19.6 Å². The number of rotatable bonds is 7. The van der Waals surface area contributed by atoms with Gasteiger partial charge in [-0.3, -0.25) is 0 Å². The highest BCUT2D eigenvalue weighted by Crippen LogP contribution is 2.48. The van der Waals surface area contributed by atoms with E-state index in [-0.39, 0.29) is 11.1 Å². The Morgan fingerprint density at radius 1 is 0.483 bits per heavy atom. The molecule has 8 bridgehead atoms. The van der Waals surface area contributed by atoms with Crippen LogP contribution in [0.15, 0.2) is 170 Å². The minimum absolute atomic E-state index is 0.144. The van der Waals surface area contributed by atoms with Gasteiger partial charge in [0, 0.05) is 39.0 Å². The molecule has 60 heavy (non-hydrogen) atoms. The molecule has 3 N–H and O–H groups in total. The van der Waals surface area contributed by atoms with Crippen molar-refractivity contribution in [2.45, 2.75) is 0 Å². The van der Waals surface area contributed by atoms with Crippen molar-refractivity contribution >= 4 is 57.8 Å². The molecular weight excluding hydrogens is 745 g/mol. The second-order valence-corrected chi connectivity index (χ2v) is 14.6. The topological polar surface area (TPSA) is 121 Å². The fraction of sp³-hybridized carbons (Fsp3) is 0.